The second-order valence-corrected chi connectivity index (χ2v) is 4.94. The van der Waals surface area contributed by atoms with Crippen LogP contribution in [0.5, 0.6) is 0 Å². The van der Waals surface area contributed by atoms with Gasteiger partial charge in [-0.1, -0.05) is 5.16 Å². The molecule has 6 heteroatoms. The SMILES string of the molecule is Cc1ccc(-c2noc([C@@H](C)N3CCCC3)n2)nn1. The van der Waals surface area contributed by atoms with E-state index in [1.807, 2.05) is 19.1 Å². The summed E-state index contributed by atoms with van der Waals surface area (Å²) in [6.45, 7) is 6.20. The van der Waals surface area contributed by atoms with Crippen LogP contribution in [0.3, 0.4) is 0 Å². The molecule has 100 valence electrons. The van der Waals surface area contributed by atoms with E-state index in [0.717, 1.165) is 18.8 Å². The lowest BCUT2D eigenvalue weighted by atomic mass is 10.3. The van der Waals surface area contributed by atoms with Crippen LogP contribution in [0.2, 0.25) is 0 Å². The lowest BCUT2D eigenvalue weighted by Gasteiger charge is -2.19. The highest BCUT2D eigenvalue weighted by Gasteiger charge is 2.24. The van der Waals surface area contributed by atoms with Crippen molar-refractivity contribution in [1.29, 1.82) is 0 Å². The third kappa shape index (κ3) is 2.49. The number of hydrogen-bond donors (Lipinski definition) is 0. The van der Waals surface area contributed by atoms with Crippen LogP contribution in [0.1, 0.15) is 37.4 Å². The second kappa shape index (κ2) is 5.05. The summed E-state index contributed by atoms with van der Waals surface area (Å²) in [7, 11) is 0. The molecule has 0 radical (unpaired) electrons. The van der Waals surface area contributed by atoms with Gasteiger partial charge in [0.15, 0.2) is 0 Å². The Kier molecular flexibility index (Phi) is 3.25. The number of aromatic nitrogens is 4. The predicted octanol–water partition coefficient (Wildman–Crippen LogP) is 1.99. The smallest absolute Gasteiger partial charge is 0.244 e. The molecule has 2 aromatic heterocycles. The first-order chi connectivity index (χ1) is 9.24. The number of aryl methyl sites for hydroxylation is 1. The lowest BCUT2D eigenvalue weighted by Crippen LogP contribution is -2.23. The average molecular weight is 259 g/mol. The number of likely N-dealkylation sites (tertiary alicyclic amines) is 1. The van der Waals surface area contributed by atoms with Gasteiger partial charge in [-0.05, 0) is 51.9 Å². The van der Waals surface area contributed by atoms with Gasteiger partial charge in [0.05, 0.1) is 11.7 Å². The number of hydrogen-bond acceptors (Lipinski definition) is 6. The fraction of sp³-hybridized carbons (Fsp3) is 0.538. The highest BCUT2D eigenvalue weighted by Crippen LogP contribution is 2.24. The summed E-state index contributed by atoms with van der Waals surface area (Å²) in [5.41, 5.74) is 1.52. The molecule has 19 heavy (non-hydrogen) atoms. The van der Waals surface area contributed by atoms with E-state index in [1.165, 1.54) is 12.8 Å². The van der Waals surface area contributed by atoms with Gasteiger partial charge in [0.25, 0.3) is 0 Å². The van der Waals surface area contributed by atoms with Crippen molar-refractivity contribution in [2.24, 2.45) is 0 Å². The first-order valence-corrected chi connectivity index (χ1v) is 6.62. The molecule has 1 saturated heterocycles. The van der Waals surface area contributed by atoms with E-state index in [4.69, 9.17) is 4.52 Å². The third-order valence-electron chi connectivity index (χ3n) is 3.51. The van der Waals surface area contributed by atoms with Gasteiger partial charge >= 0.3 is 0 Å². The Bertz CT molecular complexity index is 544. The molecule has 0 aliphatic carbocycles. The minimum atomic E-state index is 0.169. The van der Waals surface area contributed by atoms with Crippen molar-refractivity contribution in [3.63, 3.8) is 0 Å². The molecule has 2 aromatic rings. The largest absolute Gasteiger partial charge is 0.337 e. The molecule has 0 amide bonds. The summed E-state index contributed by atoms with van der Waals surface area (Å²) in [6.07, 6.45) is 2.49. The minimum absolute atomic E-state index is 0.169. The molecule has 3 heterocycles. The van der Waals surface area contributed by atoms with Gasteiger partial charge in [-0.2, -0.15) is 10.1 Å². The predicted molar refractivity (Wildman–Crippen MR) is 69.3 cm³/mol. The Morgan fingerprint density at radius 2 is 2.00 bits per heavy atom. The zero-order chi connectivity index (χ0) is 13.2. The van der Waals surface area contributed by atoms with Crippen LogP contribution in [-0.4, -0.2) is 38.3 Å². The Balaban J connectivity index is 1.80. The quantitative estimate of drug-likeness (QED) is 0.839. The molecule has 6 nitrogen and oxygen atoms in total. The Labute approximate surface area is 111 Å². The molecule has 0 bridgehead atoms. The first kappa shape index (κ1) is 12.2. The average Bonchev–Trinajstić information content (AvgIpc) is 3.10. The molecule has 0 spiro atoms. The van der Waals surface area contributed by atoms with E-state index in [1.54, 1.807) is 0 Å². The molecule has 1 aliphatic rings. The molecule has 0 saturated carbocycles. The maximum atomic E-state index is 5.35. The Morgan fingerprint density at radius 1 is 1.21 bits per heavy atom. The summed E-state index contributed by atoms with van der Waals surface area (Å²) >= 11 is 0. The summed E-state index contributed by atoms with van der Waals surface area (Å²) in [6, 6.07) is 3.92. The molecular weight excluding hydrogens is 242 g/mol. The van der Waals surface area contributed by atoms with Crippen LogP contribution in [0.25, 0.3) is 11.5 Å². The van der Waals surface area contributed by atoms with Crippen molar-refractivity contribution in [1.82, 2.24) is 25.2 Å². The first-order valence-electron chi connectivity index (χ1n) is 6.62. The number of rotatable bonds is 3. The van der Waals surface area contributed by atoms with E-state index < -0.39 is 0 Å². The highest BCUT2D eigenvalue weighted by atomic mass is 16.5. The van der Waals surface area contributed by atoms with Gasteiger partial charge in [-0.3, -0.25) is 4.90 Å². The Hall–Kier alpha value is -1.82. The molecular formula is C13H17N5O. The standard InChI is InChI=1S/C13H17N5O/c1-9-5-6-11(16-15-9)12-14-13(19-17-12)10(2)18-7-3-4-8-18/h5-6,10H,3-4,7-8H2,1-2H3/t10-/m1/s1. The molecule has 0 unspecified atom stereocenters. The molecule has 3 rings (SSSR count). The minimum Gasteiger partial charge on any atom is -0.337 e. The van der Waals surface area contributed by atoms with Crippen LogP contribution in [0.4, 0.5) is 0 Å². The van der Waals surface area contributed by atoms with E-state index in [-0.39, 0.29) is 6.04 Å². The summed E-state index contributed by atoms with van der Waals surface area (Å²) in [5.74, 6) is 1.16. The van der Waals surface area contributed by atoms with Crippen LogP contribution >= 0.6 is 0 Å². The monoisotopic (exact) mass is 259 g/mol. The van der Waals surface area contributed by atoms with Gasteiger partial charge in [-0.25, -0.2) is 0 Å². The Morgan fingerprint density at radius 3 is 2.68 bits per heavy atom. The fourth-order valence-electron chi connectivity index (χ4n) is 2.31. The van der Waals surface area contributed by atoms with Crippen LogP contribution < -0.4 is 0 Å². The second-order valence-electron chi connectivity index (χ2n) is 4.94. The topological polar surface area (TPSA) is 67.9 Å². The van der Waals surface area contributed by atoms with Crippen molar-refractivity contribution in [3.05, 3.63) is 23.7 Å². The highest BCUT2D eigenvalue weighted by molar-refractivity contribution is 5.46. The van der Waals surface area contributed by atoms with Crippen molar-refractivity contribution in [2.45, 2.75) is 32.7 Å². The lowest BCUT2D eigenvalue weighted by molar-refractivity contribution is 0.209. The van der Waals surface area contributed by atoms with Crippen molar-refractivity contribution in [2.75, 3.05) is 13.1 Å². The van der Waals surface area contributed by atoms with Crippen molar-refractivity contribution in [3.8, 4) is 11.5 Å². The van der Waals surface area contributed by atoms with E-state index in [0.29, 0.717) is 17.4 Å². The maximum Gasteiger partial charge on any atom is 0.244 e. The van der Waals surface area contributed by atoms with Crippen LogP contribution in [-0.2, 0) is 0 Å². The maximum absolute atomic E-state index is 5.35. The normalized spacial score (nSPS) is 17.8. The van der Waals surface area contributed by atoms with E-state index in [9.17, 15) is 0 Å². The third-order valence-corrected chi connectivity index (χ3v) is 3.51. The van der Waals surface area contributed by atoms with Crippen LogP contribution in [0, 0.1) is 6.92 Å². The van der Waals surface area contributed by atoms with Gasteiger partial charge in [-0.15, -0.1) is 5.10 Å². The summed E-state index contributed by atoms with van der Waals surface area (Å²) < 4.78 is 5.35. The molecule has 0 N–H and O–H groups in total. The summed E-state index contributed by atoms with van der Waals surface area (Å²) in [4.78, 5) is 6.79. The molecule has 0 aromatic carbocycles. The van der Waals surface area contributed by atoms with Gasteiger partial charge in [0.1, 0.15) is 5.69 Å². The molecule has 1 atom stereocenters. The zero-order valence-electron chi connectivity index (χ0n) is 11.2. The number of nitrogens with zero attached hydrogens (tertiary/aromatic N) is 5. The van der Waals surface area contributed by atoms with E-state index in [2.05, 4.69) is 32.2 Å². The van der Waals surface area contributed by atoms with Crippen LogP contribution in [0.15, 0.2) is 16.7 Å². The van der Waals surface area contributed by atoms with Crippen molar-refractivity contribution < 1.29 is 4.52 Å². The van der Waals surface area contributed by atoms with Crippen molar-refractivity contribution >= 4 is 0 Å². The zero-order valence-corrected chi connectivity index (χ0v) is 11.2. The van der Waals surface area contributed by atoms with E-state index >= 15 is 0 Å². The van der Waals surface area contributed by atoms with Gasteiger partial charge in [0.2, 0.25) is 11.7 Å². The van der Waals surface area contributed by atoms with Gasteiger partial charge < -0.3 is 4.52 Å². The fourth-order valence-corrected chi connectivity index (χ4v) is 2.31. The molecule has 1 fully saturated rings. The molecule has 1 aliphatic heterocycles. The summed E-state index contributed by atoms with van der Waals surface area (Å²) in [5, 5.41) is 12.1. The van der Waals surface area contributed by atoms with Gasteiger partial charge in [0, 0.05) is 0 Å².